The molecule has 2 aromatic rings. The average Bonchev–Trinajstić information content (AvgIpc) is 2.59. The second-order valence-electron chi connectivity index (χ2n) is 5.64. The molecule has 1 fully saturated rings. The highest BCUT2D eigenvalue weighted by Gasteiger charge is 2.23. The quantitative estimate of drug-likeness (QED) is 0.919. The third kappa shape index (κ3) is 3.49. The molecule has 0 radical (unpaired) electrons. The van der Waals surface area contributed by atoms with Gasteiger partial charge in [0.05, 0.1) is 0 Å². The maximum atomic E-state index is 13.9. The van der Waals surface area contributed by atoms with Crippen LogP contribution in [0.4, 0.5) is 10.2 Å². The lowest BCUT2D eigenvalue weighted by molar-refractivity contribution is 0.0697. The Morgan fingerprint density at radius 3 is 2.62 bits per heavy atom. The van der Waals surface area contributed by atoms with E-state index in [4.69, 9.17) is 11.6 Å². The Kier molecular flexibility index (Phi) is 4.97. The van der Waals surface area contributed by atoms with Crippen LogP contribution in [0.3, 0.4) is 0 Å². The number of piperazine rings is 1. The normalized spacial score (nSPS) is 15.5. The summed E-state index contributed by atoms with van der Waals surface area (Å²) in [4.78, 5) is 19.6. The van der Waals surface area contributed by atoms with Crippen molar-refractivity contribution in [2.75, 3.05) is 31.1 Å². The van der Waals surface area contributed by atoms with E-state index in [2.05, 4.69) is 9.88 Å². The Bertz CT molecular complexity index is 728. The summed E-state index contributed by atoms with van der Waals surface area (Å²) >= 11 is 6.08. The van der Waals surface area contributed by atoms with E-state index in [0.29, 0.717) is 49.1 Å². The van der Waals surface area contributed by atoms with Crippen LogP contribution in [-0.2, 0) is 6.54 Å². The number of halogens is 2. The summed E-state index contributed by atoms with van der Waals surface area (Å²) in [5.74, 6) is -0.810. The van der Waals surface area contributed by atoms with Gasteiger partial charge >= 0.3 is 5.97 Å². The van der Waals surface area contributed by atoms with Crippen molar-refractivity contribution >= 4 is 23.4 Å². The van der Waals surface area contributed by atoms with Crippen LogP contribution in [0.5, 0.6) is 0 Å². The van der Waals surface area contributed by atoms with E-state index in [1.165, 1.54) is 6.07 Å². The predicted octanol–water partition coefficient (Wildman–Crippen LogP) is 2.89. The molecule has 5 nitrogen and oxygen atoms in total. The summed E-state index contributed by atoms with van der Waals surface area (Å²) < 4.78 is 13.9. The minimum Gasteiger partial charge on any atom is -0.478 e. The average molecular weight is 350 g/mol. The molecule has 2 heterocycles. The van der Waals surface area contributed by atoms with Gasteiger partial charge in [-0.25, -0.2) is 14.2 Å². The standard InChI is InChI=1S/C17H17ClFN3O2/c18-14-4-1-5-15(19)13(14)11-21-7-9-22(10-8-21)16-12(17(23)24)3-2-6-20-16/h1-6H,7-11H2,(H,23,24). The van der Waals surface area contributed by atoms with Crippen molar-refractivity contribution in [2.45, 2.75) is 6.54 Å². The molecular weight excluding hydrogens is 333 g/mol. The van der Waals surface area contributed by atoms with E-state index in [9.17, 15) is 14.3 Å². The van der Waals surface area contributed by atoms with Crippen molar-refractivity contribution in [3.63, 3.8) is 0 Å². The van der Waals surface area contributed by atoms with Crippen LogP contribution >= 0.6 is 11.6 Å². The highest BCUT2D eigenvalue weighted by Crippen LogP contribution is 2.23. The second kappa shape index (κ2) is 7.15. The van der Waals surface area contributed by atoms with Crippen molar-refractivity contribution in [1.82, 2.24) is 9.88 Å². The summed E-state index contributed by atoms with van der Waals surface area (Å²) in [6.45, 7) is 3.06. The number of carboxylic acid groups (broad SMARTS) is 1. The van der Waals surface area contributed by atoms with Gasteiger partial charge in [-0.1, -0.05) is 17.7 Å². The van der Waals surface area contributed by atoms with Gasteiger partial charge in [0.2, 0.25) is 0 Å². The Morgan fingerprint density at radius 2 is 1.96 bits per heavy atom. The molecular formula is C17H17ClFN3O2. The molecule has 1 saturated heterocycles. The van der Waals surface area contributed by atoms with E-state index in [0.717, 1.165) is 0 Å². The number of nitrogens with zero attached hydrogens (tertiary/aromatic N) is 3. The maximum Gasteiger partial charge on any atom is 0.339 e. The van der Waals surface area contributed by atoms with Crippen molar-refractivity contribution in [3.8, 4) is 0 Å². The van der Waals surface area contributed by atoms with Gasteiger partial charge in [0, 0.05) is 49.5 Å². The number of carbonyl (C=O) groups is 1. The number of carboxylic acids is 1. The van der Waals surface area contributed by atoms with Crippen LogP contribution in [0, 0.1) is 5.82 Å². The van der Waals surface area contributed by atoms with Gasteiger partial charge in [0.25, 0.3) is 0 Å². The number of rotatable bonds is 4. The smallest absolute Gasteiger partial charge is 0.339 e. The summed E-state index contributed by atoms with van der Waals surface area (Å²) in [5, 5.41) is 9.70. The highest BCUT2D eigenvalue weighted by atomic mass is 35.5. The van der Waals surface area contributed by atoms with Crippen molar-refractivity contribution in [2.24, 2.45) is 0 Å². The fraction of sp³-hybridized carbons (Fsp3) is 0.294. The molecule has 24 heavy (non-hydrogen) atoms. The van der Waals surface area contributed by atoms with Gasteiger partial charge < -0.3 is 10.0 Å². The number of hydrogen-bond acceptors (Lipinski definition) is 4. The lowest BCUT2D eigenvalue weighted by Crippen LogP contribution is -2.46. The van der Waals surface area contributed by atoms with E-state index in [-0.39, 0.29) is 11.4 Å². The third-order valence-corrected chi connectivity index (χ3v) is 4.49. The SMILES string of the molecule is O=C(O)c1cccnc1N1CCN(Cc2c(F)cccc2Cl)CC1. The fourth-order valence-electron chi connectivity index (χ4n) is 2.84. The molecule has 0 aliphatic carbocycles. The predicted molar refractivity (Wildman–Crippen MR) is 90.1 cm³/mol. The van der Waals surface area contributed by atoms with Gasteiger partial charge in [-0.05, 0) is 24.3 Å². The Hall–Kier alpha value is -2.18. The second-order valence-corrected chi connectivity index (χ2v) is 6.05. The van der Waals surface area contributed by atoms with Crippen LogP contribution in [-0.4, -0.2) is 47.1 Å². The number of hydrogen-bond donors (Lipinski definition) is 1. The molecule has 126 valence electrons. The molecule has 0 saturated carbocycles. The third-order valence-electron chi connectivity index (χ3n) is 4.13. The largest absolute Gasteiger partial charge is 0.478 e. The molecule has 3 rings (SSSR count). The van der Waals surface area contributed by atoms with Crippen molar-refractivity contribution < 1.29 is 14.3 Å². The van der Waals surface area contributed by atoms with Crippen LogP contribution in [0.15, 0.2) is 36.5 Å². The summed E-state index contributed by atoms with van der Waals surface area (Å²) in [5.41, 5.74) is 0.694. The molecule has 0 spiro atoms. The van der Waals surface area contributed by atoms with E-state index < -0.39 is 5.97 Å². The Labute approximate surface area is 144 Å². The topological polar surface area (TPSA) is 56.7 Å². The Balaban J connectivity index is 1.67. The first-order valence-corrected chi connectivity index (χ1v) is 8.02. The number of anilines is 1. The monoisotopic (exact) mass is 349 g/mol. The van der Waals surface area contributed by atoms with Crippen LogP contribution in [0.2, 0.25) is 5.02 Å². The van der Waals surface area contributed by atoms with Crippen LogP contribution in [0.25, 0.3) is 0 Å². The summed E-state index contributed by atoms with van der Waals surface area (Å²) in [6.07, 6.45) is 1.59. The maximum absolute atomic E-state index is 13.9. The first-order chi connectivity index (χ1) is 11.6. The molecule has 7 heteroatoms. The number of aromatic nitrogens is 1. The Morgan fingerprint density at radius 1 is 1.21 bits per heavy atom. The zero-order valence-corrected chi connectivity index (χ0v) is 13.7. The first-order valence-electron chi connectivity index (χ1n) is 7.65. The van der Waals surface area contributed by atoms with E-state index in [1.54, 1.807) is 30.5 Å². The summed E-state index contributed by atoms with van der Waals surface area (Å²) in [6, 6.07) is 7.85. The highest BCUT2D eigenvalue weighted by molar-refractivity contribution is 6.31. The lowest BCUT2D eigenvalue weighted by Gasteiger charge is -2.36. The zero-order chi connectivity index (χ0) is 17.1. The van der Waals surface area contributed by atoms with Gasteiger partial charge in [0.15, 0.2) is 0 Å². The minimum atomic E-state index is -0.987. The van der Waals surface area contributed by atoms with Gasteiger partial charge in [0.1, 0.15) is 17.2 Å². The van der Waals surface area contributed by atoms with Crippen molar-refractivity contribution in [1.29, 1.82) is 0 Å². The van der Waals surface area contributed by atoms with Gasteiger partial charge in [-0.2, -0.15) is 0 Å². The molecule has 0 amide bonds. The molecule has 1 aliphatic heterocycles. The molecule has 0 bridgehead atoms. The molecule has 0 unspecified atom stereocenters. The van der Waals surface area contributed by atoms with E-state index in [1.807, 2.05) is 4.90 Å². The molecule has 1 aliphatic rings. The number of aromatic carboxylic acids is 1. The minimum absolute atomic E-state index is 0.197. The zero-order valence-electron chi connectivity index (χ0n) is 13.0. The fourth-order valence-corrected chi connectivity index (χ4v) is 3.06. The van der Waals surface area contributed by atoms with Crippen LogP contribution < -0.4 is 4.90 Å². The summed E-state index contributed by atoms with van der Waals surface area (Å²) in [7, 11) is 0. The molecule has 0 atom stereocenters. The van der Waals surface area contributed by atoms with E-state index >= 15 is 0 Å². The molecule has 1 N–H and O–H groups in total. The van der Waals surface area contributed by atoms with Crippen LogP contribution in [0.1, 0.15) is 15.9 Å². The van der Waals surface area contributed by atoms with Gasteiger partial charge in [-0.3, -0.25) is 4.90 Å². The molecule has 1 aromatic carbocycles. The van der Waals surface area contributed by atoms with Gasteiger partial charge in [-0.15, -0.1) is 0 Å². The number of benzene rings is 1. The lowest BCUT2D eigenvalue weighted by atomic mass is 10.1. The molecule has 1 aromatic heterocycles. The first kappa shape index (κ1) is 16.7. The van der Waals surface area contributed by atoms with Crippen molar-refractivity contribution in [3.05, 3.63) is 58.5 Å². The number of pyridine rings is 1.